The summed E-state index contributed by atoms with van der Waals surface area (Å²) in [6, 6.07) is 0. The maximum absolute atomic E-state index is 6.02. The first-order valence-corrected chi connectivity index (χ1v) is 3.97. The third kappa shape index (κ3) is 1.11. The average molecular weight is 168 g/mol. The Morgan fingerprint density at radius 3 is 3.00 bits per heavy atom. The smallest absolute Gasteiger partial charge is 0.172 e. The van der Waals surface area contributed by atoms with Crippen LogP contribution in [0.15, 0.2) is 0 Å². The van der Waals surface area contributed by atoms with Gasteiger partial charge in [-0.3, -0.25) is 5.10 Å². The van der Waals surface area contributed by atoms with E-state index in [1.165, 1.54) is 0 Å². The minimum absolute atomic E-state index is 0.468. The number of ether oxygens (including phenoxy) is 1. The molecular formula is C7H12N4O. The highest BCUT2D eigenvalue weighted by molar-refractivity contribution is 5.06. The molecule has 12 heavy (non-hydrogen) atoms. The van der Waals surface area contributed by atoms with E-state index in [1.807, 2.05) is 6.92 Å². The second-order valence-electron chi connectivity index (χ2n) is 3.20. The van der Waals surface area contributed by atoms with Gasteiger partial charge in [0.1, 0.15) is 11.4 Å². The molecule has 0 saturated carbocycles. The van der Waals surface area contributed by atoms with Gasteiger partial charge in [-0.1, -0.05) is 0 Å². The van der Waals surface area contributed by atoms with Gasteiger partial charge in [-0.05, 0) is 13.3 Å². The number of nitrogens with one attached hydrogen (secondary N) is 1. The fourth-order valence-electron chi connectivity index (χ4n) is 1.32. The van der Waals surface area contributed by atoms with Crippen LogP contribution in [0.4, 0.5) is 0 Å². The van der Waals surface area contributed by atoms with Crippen LogP contribution in [-0.4, -0.2) is 28.4 Å². The molecule has 66 valence electrons. The highest BCUT2D eigenvalue weighted by Gasteiger charge is 2.35. The monoisotopic (exact) mass is 168 g/mol. The fourth-order valence-corrected chi connectivity index (χ4v) is 1.32. The van der Waals surface area contributed by atoms with Crippen LogP contribution in [0.3, 0.4) is 0 Å². The fraction of sp³-hybridized carbons (Fsp3) is 0.714. The molecule has 1 aromatic heterocycles. The molecule has 1 atom stereocenters. The van der Waals surface area contributed by atoms with Crippen molar-refractivity contribution in [3.05, 3.63) is 11.6 Å². The maximum atomic E-state index is 6.02. The van der Waals surface area contributed by atoms with Crippen LogP contribution in [0.5, 0.6) is 0 Å². The third-order valence-corrected chi connectivity index (χ3v) is 2.09. The Bertz CT molecular complexity index is 277. The normalized spacial score (nSPS) is 29.5. The first-order valence-electron chi connectivity index (χ1n) is 3.97. The molecule has 0 aromatic carbocycles. The zero-order valence-corrected chi connectivity index (χ0v) is 7.00. The van der Waals surface area contributed by atoms with Crippen molar-refractivity contribution in [1.29, 1.82) is 0 Å². The van der Waals surface area contributed by atoms with E-state index in [9.17, 15) is 0 Å². The first kappa shape index (κ1) is 7.70. The molecule has 0 radical (unpaired) electrons. The largest absolute Gasteiger partial charge is 0.379 e. The Morgan fingerprint density at radius 2 is 2.50 bits per heavy atom. The van der Waals surface area contributed by atoms with Crippen LogP contribution >= 0.6 is 0 Å². The third-order valence-electron chi connectivity index (χ3n) is 2.09. The first-order chi connectivity index (χ1) is 5.71. The van der Waals surface area contributed by atoms with Gasteiger partial charge in [0.25, 0.3) is 0 Å². The lowest BCUT2D eigenvalue weighted by Gasteiger charge is -2.16. The van der Waals surface area contributed by atoms with Gasteiger partial charge in [-0.15, -0.1) is 0 Å². The molecule has 1 saturated heterocycles. The topological polar surface area (TPSA) is 76.8 Å². The van der Waals surface area contributed by atoms with Crippen LogP contribution < -0.4 is 5.73 Å². The van der Waals surface area contributed by atoms with Crippen LogP contribution in [0.25, 0.3) is 0 Å². The SMILES string of the molecule is Cc1nc(C2(N)CCOC2)n[nH]1. The minimum Gasteiger partial charge on any atom is -0.379 e. The number of aromatic amines is 1. The van der Waals surface area contributed by atoms with E-state index in [2.05, 4.69) is 15.2 Å². The molecule has 5 nitrogen and oxygen atoms in total. The van der Waals surface area contributed by atoms with Crippen LogP contribution in [-0.2, 0) is 10.3 Å². The lowest BCUT2D eigenvalue weighted by Crippen LogP contribution is -2.38. The summed E-state index contributed by atoms with van der Waals surface area (Å²) in [5, 5.41) is 6.80. The van der Waals surface area contributed by atoms with Crippen molar-refractivity contribution >= 4 is 0 Å². The molecule has 2 heterocycles. The van der Waals surface area contributed by atoms with E-state index < -0.39 is 5.54 Å². The van der Waals surface area contributed by atoms with Gasteiger partial charge >= 0.3 is 0 Å². The van der Waals surface area contributed by atoms with Crippen LogP contribution in [0.2, 0.25) is 0 Å². The number of rotatable bonds is 1. The van der Waals surface area contributed by atoms with E-state index in [-0.39, 0.29) is 0 Å². The zero-order valence-electron chi connectivity index (χ0n) is 7.00. The average Bonchev–Trinajstić information content (AvgIpc) is 2.59. The van der Waals surface area contributed by atoms with E-state index >= 15 is 0 Å². The van der Waals surface area contributed by atoms with Gasteiger partial charge in [-0.25, -0.2) is 4.98 Å². The maximum Gasteiger partial charge on any atom is 0.172 e. The van der Waals surface area contributed by atoms with Crippen LogP contribution in [0.1, 0.15) is 18.1 Å². The Hall–Kier alpha value is -0.940. The number of H-pyrrole nitrogens is 1. The molecule has 1 aromatic rings. The molecule has 0 amide bonds. The summed E-state index contributed by atoms with van der Waals surface area (Å²) in [6.45, 7) is 3.07. The Balaban J connectivity index is 2.28. The van der Waals surface area contributed by atoms with E-state index in [4.69, 9.17) is 10.5 Å². The number of hydrogen-bond donors (Lipinski definition) is 2. The highest BCUT2D eigenvalue weighted by Crippen LogP contribution is 2.24. The summed E-state index contributed by atoms with van der Waals surface area (Å²) in [5.74, 6) is 1.46. The Morgan fingerprint density at radius 1 is 1.67 bits per heavy atom. The highest BCUT2D eigenvalue weighted by atomic mass is 16.5. The van der Waals surface area contributed by atoms with Gasteiger partial charge in [0, 0.05) is 6.61 Å². The molecule has 0 bridgehead atoms. The van der Waals surface area contributed by atoms with E-state index in [0.29, 0.717) is 19.0 Å². The quantitative estimate of drug-likeness (QED) is 0.603. The summed E-state index contributed by atoms with van der Waals surface area (Å²) in [7, 11) is 0. The Kier molecular flexibility index (Phi) is 1.62. The number of nitrogens with zero attached hydrogens (tertiary/aromatic N) is 2. The molecule has 0 aliphatic carbocycles. The second-order valence-corrected chi connectivity index (χ2v) is 3.20. The zero-order chi connectivity index (χ0) is 8.60. The standard InChI is InChI=1S/C7H12N4O/c1-5-9-6(11-10-5)7(8)2-3-12-4-7/h2-4,8H2,1H3,(H,9,10,11). The molecule has 1 aliphatic heterocycles. The summed E-state index contributed by atoms with van der Waals surface area (Å²) < 4.78 is 5.20. The summed E-state index contributed by atoms with van der Waals surface area (Å²) in [6.07, 6.45) is 0.796. The van der Waals surface area contributed by atoms with Crippen molar-refractivity contribution in [1.82, 2.24) is 15.2 Å². The molecule has 1 fully saturated rings. The number of aromatic nitrogens is 3. The summed E-state index contributed by atoms with van der Waals surface area (Å²) in [5.41, 5.74) is 5.56. The van der Waals surface area contributed by atoms with E-state index in [0.717, 1.165) is 12.2 Å². The predicted octanol–water partition coefficient (Wildman–Crippen LogP) is -0.313. The molecule has 0 spiro atoms. The van der Waals surface area contributed by atoms with Gasteiger partial charge < -0.3 is 10.5 Å². The minimum atomic E-state index is -0.468. The van der Waals surface area contributed by atoms with Crippen molar-refractivity contribution in [2.24, 2.45) is 5.73 Å². The van der Waals surface area contributed by atoms with Gasteiger partial charge in [0.2, 0.25) is 0 Å². The van der Waals surface area contributed by atoms with Gasteiger partial charge in [0.15, 0.2) is 5.82 Å². The molecular weight excluding hydrogens is 156 g/mol. The number of aryl methyl sites for hydroxylation is 1. The van der Waals surface area contributed by atoms with Crippen molar-refractivity contribution in [3.8, 4) is 0 Å². The van der Waals surface area contributed by atoms with Gasteiger partial charge in [-0.2, -0.15) is 5.10 Å². The van der Waals surface area contributed by atoms with Crippen molar-refractivity contribution in [3.63, 3.8) is 0 Å². The van der Waals surface area contributed by atoms with Gasteiger partial charge in [0.05, 0.1) is 6.61 Å². The summed E-state index contributed by atoms with van der Waals surface area (Å²) >= 11 is 0. The van der Waals surface area contributed by atoms with Crippen molar-refractivity contribution < 1.29 is 4.74 Å². The Labute approximate surface area is 70.3 Å². The van der Waals surface area contributed by atoms with Crippen molar-refractivity contribution in [2.75, 3.05) is 13.2 Å². The second kappa shape index (κ2) is 2.53. The number of hydrogen-bond acceptors (Lipinski definition) is 4. The molecule has 2 rings (SSSR count). The summed E-state index contributed by atoms with van der Waals surface area (Å²) in [4.78, 5) is 4.19. The molecule has 1 aliphatic rings. The molecule has 3 N–H and O–H groups in total. The van der Waals surface area contributed by atoms with E-state index in [1.54, 1.807) is 0 Å². The number of nitrogens with two attached hydrogens (primary N) is 1. The molecule has 1 unspecified atom stereocenters. The molecule has 5 heteroatoms. The predicted molar refractivity (Wildman–Crippen MR) is 42.4 cm³/mol. The lowest BCUT2D eigenvalue weighted by atomic mass is 10.00. The van der Waals surface area contributed by atoms with Crippen molar-refractivity contribution in [2.45, 2.75) is 18.9 Å². The lowest BCUT2D eigenvalue weighted by molar-refractivity contribution is 0.176. The van der Waals surface area contributed by atoms with Crippen LogP contribution in [0, 0.1) is 6.92 Å².